The molecule has 3 rings (SSSR count). The number of nitrogens with one attached hydrogen (secondary N) is 1. The van der Waals surface area contributed by atoms with Crippen LogP contribution in [0.3, 0.4) is 0 Å². The van der Waals surface area contributed by atoms with Crippen LogP contribution in [0.5, 0.6) is 0 Å². The van der Waals surface area contributed by atoms with Gasteiger partial charge >= 0.3 is 0 Å². The molecule has 3 N–H and O–H groups in total. The zero-order valence-electron chi connectivity index (χ0n) is 14.0. The van der Waals surface area contributed by atoms with Crippen LogP contribution in [0.4, 0.5) is 0 Å². The predicted octanol–water partition coefficient (Wildman–Crippen LogP) is 2.03. The number of nitrogens with two attached hydrogens (primary N) is 1. The number of amides is 1. The number of piperidine rings is 1. The molecule has 5 nitrogen and oxygen atoms in total. The molecule has 1 fully saturated rings. The summed E-state index contributed by atoms with van der Waals surface area (Å²) in [6, 6.07) is 11.9. The van der Waals surface area contributed by atoms with Crippen LogP contribution in [0.1, 0.15) is 28.9 Å². The molecule has 0 radical (unpaired) electrons. The molecule has 1 unspecified atom stereocenters. The molecule has 126 valence electrons. The zero-order chi connectivity index (χ0) is 16.9. The molecule has 5 heteroatoms. The van der Waals surface area contributed by atoms with Gasteiger partial charge < -0.3 is 16.0 Å². The van der Waals surface area contributed by atoms with Crippen LogP contribution in [0.15, 0.2) is 42.6 Å². The molecule has 1 atom stereocenters. The van der Waals surface area contributed by atoms with E-state index in [9.17, 15) is 4.79 Å². The van der Waals surface area contributed by atoms with E-state index in [4.69, 9.17) is 5.73 Å². The van der Waals surface area contributed by atoms with Crippen molar-refractivity contribution in [2.75, 3.05) is 20.1 Å². The molecule has 1 aromatic heterocycles. The Kier molecular flexibility index (Phi) is 5.23. The average Bonchev–Trinajstić information content (AvgIpc) is 2.62. The average molecular weight is 324 g/mol. The zero-order valence-corrected chi connectivity index (χ0v) is 14.0. The van der Waals surface area contributed by atoms with Gasteiger partial charge in [0.1, 0.15) is 5.69 Å². The Morgan fingerprint density at radius 3 is 3.04 bits per heavy atom. The van der Waals surface area contributed by atoms with E-state index in [-0.39, 0.29) is 11.9 Å². The Labute approximate surface area is 142 Å². The molecular formula is C19H24N4O. The Hall–Kier alpha value is -2.24. The quantitative estimate of drug-likeness (QED) is 0.903. The molecule has 0 aliphatic carbocycles. The second kappa shape index (κ2) is 7.55. The second-order valence-electron chi connectivity index (χ2n) is 6.38. The summed E-state index contributed by atoms with van der Waals surface area (Å²) in [6.45, 7) is 2.45. The van der Waals surface area contributed by atoms with E-state index in [2.05, 4.69) is 22.2 Å². The largest absolute Gasteiger partial charge is 0.347 e. The highest BCUT2D eigenvalue weighted by molar-refractivity contribution is 5.99. The van der Waals surface area contributed by atoms with Crippen LogP contribution in [-0.2, 0) is 6.54 Å². The molecule has 2 heterocycles. The van der Waals surface area contributed by atoms with Crippen molar-refractivity contribution in [3.8, 4) is 11.1 Å². The lowest BCUT2D eigenvalue weighted by Gasteiger charge is -2.30. The molecule has 1 saturated heterocycles. The van der Waals surface area contributed by atoms with Gasteiger partial charge in [-0.05, 0) is 49.7 Å². The molecule has 1 aliphatic rings. The van der Waals surface area contributed by atoms with Gasteiger partial charge in [0, 0.05) is 30.9 Å². The number of hydrogen-bond donors (Lipinski definition) is 2. The van der Waals surface area contributed by atoms with Gasteiger partial charge in [0.05, 0.1) is 0 Å². The summed E-state index contributed by atoms with van der Waals surface area (Å²) in [7, 11) is 2.09. The fourth-order valence-corrected chi connectivity index (χ4v) is 3.22. The van der Waals surface area contributed by atoms with Gasteiger partial charge in [-0.25, -0.2) is 0 Å². The molecule has 24 heavy (non-hydrogen) atoms. The predicted molar refractivity (Wildman–Crippen MR) is 95.5 cm³/mol. The summed E-state index contributed by atoms with van der Waals surface area (Å²) >= 11 is 0. The van der Waals surface area contributed by atoms with Gasteiger partial charge in [-0.15, -0.1) is 0 Å². The third-order valence-corrected chi connectivity index (χ3v) is 4.46. The number of benzene rings is 1. The van der Waals surface area contributed by atoms with E-state index >= 15 is 0 Å². The third kappa shape index (κ3) is 3.80. The second-order valence-corrected chi connectivity index (χ2v) is 6.38. The summed E-state index contributed by atoms with van der Waals surface area (Å²) in [5.74, 6) is -0.107. The van der Waals surface area contributed by atoms with Crippen LogP contribution in [-0.4, -0.2) is 42.0 Å². The van der Waals surface area contributed by atoms with Crippen molar-refractivity contribution in [1.82, 2.24) is 15.2 Å². The highest BCUT2D eigenvalue weighted by atomic mass is 16.2. The molecule has 0 bridgehead atoms. The smallest absolute Gasteiger partial charge is 0.270 e. The van der Waals surface area contributed by atoms with E-state index in [1.807, 2.05) is 36.4 Å². The van der Waals surface area contributed by atoms with Gasteiger partial charge in [-0.2, -0.15) is 0 Å². The first-order valence-corrected chi connectivity index (χ1v) is 8.41. The first-order valence-electron chi connectivity index (χ1n) is 8.41. The first kappa shape index (κ1) is 16.6. The van der Waals surface area contributed by atoms with E-state index in [1.165, 1.54) is 0 Å². The SMILES string of the molecule is CN1CCCC(NC(=O)c2ncccc2-c2cccc(CN)c2)C1. The van der Waals surface area contributed by atoms with Crippen LogP contribution in [0.25, 0.3) is 11.1 Å². The van der Waals surface area contributed by atoms with Gasteiger partial charge in [0.2, 0.25) is 0 Å². The topological polar surface area (TPSA) is 71.2 Å². The number of nitrogens with zero attached hydrogens (tertiary/aromatic N) is 2. The van der Waals surface area contributed by atoms with Crippen molar-refractivity contribution in [3.63, 3.8) is 0 Å². The monoisotopic (exact) mass is 324 g/mol. The third-order valence-electron chi connectivity index (χ3n) is 4.46. The number of carbonyl (C=O) groups is 1. The minimum atomic E-state index is -0.107. The number of aromatic nitrogens is 1. The summed E-state index contributed by atoms with van der Waals surface area (Å²) in [5, 5.41) is 3.14. The van der Waals surface area contributed by atoms with Gasteiger partial charge in [0.25, 0.3) is 5.91 Å². The van der Waals surface area contributed by atoms with Crippen molar-refractivity contribution < 1.29 is 4.79 Å². The molecule has 0 spiro atoms. The molecular weight excluding hydrogens is 300 g/mol. The van der Waals surface area contributed by atoms with E-state index in [1.54, 1.807) is 6.20 Å². The maximum Gasteiger partial charge on any atom is 0.270 e. The van der Waals surface area contributed by atoms with Crippen molar-refractivity contribution in [1.29, 1.82) is 0 Å². The summed E-state index contributed by atoms with van der Waals surface area (Å²) < 4.78 is 0. The molecule has 1 aliphatic heterocycles. The van der Waals surface area contributed by atoms with Gasteiger partial charge in [-0.3, -0.25) is 9.78 Å². The Bertz CT molecular complexity index is 716. The lowest BCUT2D eigenvalue weighted by Crippen LogP contribution is -2.46. The van der Waals surface area contributed by atoms with E-state index in [0.717, 1.165) is 42.6 Å². The fourth-order valence-electron chi connectivity index (χ4n) is 3.22. The normalized spacial score (nSPS) is 18.3. The van der Waals surface area contributed by atoms with Crippen molar-refractivity contribution >= 4 is 5.91 Å². The van der Waals surface area contributed by atoms with Crippen LogP contribution >= 0.6 is 0 Å². The lowest BCUT2D eigenvalue weighted by atomic mass is 10.0. The van der Waals surface area contributed by atoms with Crippen molar-refractivity contribution in [3.05, 3.63) is 53.9 Å². The number of likely N-dealkylation sites (N-methyl/N-ethyl adjacent to an activating group) is 1. The number of carbonyl (C=O) groups excluding carboxylic acids is 1. The van der Waals surface area contributed by atoms with Gasteiger partial charge in [0.15, 0.2) is 0 Å². The number of rotatable bonds is 4. The van der Waals surface area contributed by atoms with Crippen LogP contribution in [0, 0.1) is 0 Å². The lowest BCUT2D eigenvalue weighted by molar-refractivity contribution is 0.0908. The molecule has 0 saturated carbocycles. The molecule has 2 aromatic rings. The number of hydrogen-bond acceptors (Lipinski definition) is 4. The minimum absolute atomic E-state index is 0.107. The number of pyridine rings is 1. The van der Waals surface area contributed by atoms with Crippen LogP contribution in [0.2, 0.25) is 0 Å². The summed E-state index contributed by atoms with van der Waals surface area (Å²) in [6.07, 6.45) is 3.79. The van der Waals surface area contributed by atoms with Crippen LogP contribution < -0.4 is 11.1 Å². The van der Waals surface area contributed by atoms with Crippen molar-refractivity contribution in [2.24, 2.45) is 5.73 Å². The maximum absolute atomic E-state index is 12.8. The fraction of sp³-hybridized carbons (Fsp3) is 0.368. The highest BCUT2D eigenvalue weighted by Crippen LogP contribution is 2.23. The Morgan fingerprint density at radius 1 is 1.38 bits per heavy atom. The summed E-state index contributed by atoms with van der Waals surface area (Å²) in [4.78, 5) is 19.3. The summed E-state index contributed by atoms with van der Waals surface area (Å²) in [5.41, 5.74) is 9.05. The van der Waals surface area contributed by atoms with Crippen molar-refractivity contribution in [2.45, 2.75) is 25.4 Å². The highest BCUT2D eigenvalue weighted by Gasteiger charge is 2.21. The maximum atomic E-state index is 12.8. The minimum Gasteiger partial charge on any atom is -0.347 e. The first-order chi connectivity index (χ1) is 11.7. The van der Waals surface area contributed by atoms with Gasteiger partial charge in [-0.1, -0.05) is 24.3 Å². The van der Waals surface area contributed by atoms with E-state index < -0.39 is 0 Å². The number of likely N-dealkylation sites (tertiary alicyclic amines) is 1. The van der Waals surface area contributed by atoms with E-state index in [0.29, 0.717) is 12.2 Å². The molecule has 1 aromatic carbocycles. The standard InChI is InChI=1S/C19H24N4O/c1-23-10-4-7-16(13-23)22-19(24)18-17(8-3-9-21-18)15-6-2-5-14(11-15)12-20/h2-3,5-6,8-9,11,16H,4,7,10,12-13,20H2,1H3,(H,22,24). The molecule has 1 amide bonds. The Morgan fingerprint density at radius 2 is 2.25 bits per heavy atom. The Balaban J connectivity index is 1.84.